The molecular weight excluding hydrogens is 291 g/mol. The summed E-state index contributed by atoms with van der Waals surface area (Å²) in [6, 6.07) is 6.19. The number of hydrogen-bond donors (Lipinski definition) is 1. The second-order valence-electron chi connectivity index (χ2n) is 6.03. The molecule has 0 saturated carbocycles. The van der Waals surface area contributed by atoms with Gasteiger partial charge in [0.15, 0.2) is 0 Å². The quantitative estimate of drug-likeness (QED) is 0.862. The van der Waals surface area contributed by atoms with Crippen molar-refractivity contribution in [1.82, 2.24) is 5.32 Å². The molecule has 3 heterocycles. The highest BCUT2D eigenvalue weighted by Crippen LogP contribution is 2.37. The fraction of sp³-hybridized carbons (Fsp3) is 0.438. The molecule has 1 aromatic rings. The number of alkyl halides is 3. The van der Waals surface area contributed by atoms with Crippen LogP contribution in [0.3, 0.4) is 0 Å². The van der Waals surface area contributed by atoms with Crippen molar-refractivity contribution in [3.63, 3.8) is 0 Å². The SMILES string of the molecule is FC(F)(F)c1ccc(N2CN=CC3=C2CC2CCC3N2)cc1. The molecule has 2 atom stereocenters. The van der Waals surface area contributed by atoms with E-state index in [0.717, 1.165) is 37.1 Å². The maximum Gasteiger partial charge on any atom is 0.416 e. The largest absolute Gasteiger partial charge is 0.416 e. The second kappa shape index (κ2) is 4.84. The molecule has 1 saturated heterocycles. The third kappa shape index (κ3) is 2.22. The fourth-order valence-electron chi connectivity index (χ4n) is 3.58. The van der Waals surface area contributed by atoms with Crippen LogP contribution < -0.4 is 10.2 Å². The van der Waals surface area contributed by atoms with Gasteiger partial charge in [0, 0.05) is 41.7 Å². The van der Waals surface area contributed by atoms with E-state index in [-0.39, 0.29) is 0 Å². The van der Waals surface area contributed by atoms with Crippen LogP contribution in [0.5, 0.6) is 0 Å². The van der Waals surface area contributed by atoms with E-state index < -0.39 is 11.7 Å². The highest BCUT2D eigenvalue weighted by atomic mass is 19.4. The van der Waals surface area contributed by atoms with Crippen molar-refractivity contribution < 1.29 is 13.2 Å². The molecule has 0 aliphatic carbocycles. The van der Waals surface area contributed by atoms with E-state index >= 15 is 0 Å². The number of nitrogens with one attached hydrogen (secondary N) is 1. The van der Waals surface area contributed by atoms with E-state index in [1.165, 1.54) is 23.4 Å². The number of hydrogen-bond acceptors (Lipinski definition) is 3. The van der Waals surface area contributed by atoms with Gasteiger partial charge in [0.05, 0.1) is 5.56 Å². The number of nitrogens with zero attached hydrogens (tertiary/aromatic N) is 2. The molecule has 116 valence electrons. The first-order chi connectivity index (χ1) is 10.5. The van der Waals surface area contributed by atoms with Crippen LogP contribution in [-0.2, 0) is 6.18 Å². The highest BCUT2D eigenvalue weighted by Gasteiger charge is 2.37. The summed E-state index contributed by atoms with van der Waals surface area (Å²) in [5, 5.41) is 3.57. The summed E-state index contributed by atoms with van der Waals surface area (Å²) in [5.41, 5.74) is 2.57. The first kappa shape index (κ1) is 13.8. The van der Waals surface area contributed by atoms with Crippen LogP contribution in [0, 0.1) is 0 Å². The van der Waals surface area contributed by atoms with E-state index in [4.69, 9.17) is 0 Å². The minimum Gasteiger partial charge on any atom is -0.325 e. The summed E-state index contributed by atoms with van der Waals surface area (Å²) in [6.07, 6.45) is 0.799. The number of aliphatic imine (C=N–C) groups is 1. The van der Waals surface area contributed by atoms with Gasteiger partial charge in [0.1, 0.15) is 6.67 Å². The molecule has 0 spiro atoms. The molecule has 2 bridgehead atoms. The zero-order chi connectivity index (χ0) is 15.3. The summed E-state index contributed by atoms with van der Waals surface area (Å²) in [5.74, 6) is 0. The van der Waals surface area contributed by atoms with Crippen LogP contribution in [0.15, 0.2) is 40.5 Å². The first-order valence-electron chi connectivity index (χ1n) is 7.46. The third-order valence-corrected chi connectivity index (χ3v) is 4.67. The Morgan fingerprint density at radius 3 is 2.64 bits per heavy atom. The number of halogens is 3. The molecule has 0 amide bonds. The summed E-state index contributed by atoms with van der Waals surface area (Å²) in [7, 11) is 0. The predicted octanol–water partition coefficient (Wildman–Crippen LogP) is 3.33. The normalized spacial score (nSPS) is 27.3. The molecule has 3 aliphatic rings. The Labute approximate surface area is 126 Å². The van der Waals surface area contributed by atoms with Gasteiger partial charge in [-0.1, -0.05) is 0 Å². The van der Waals surface area contributed by atoms with Crippen LogP contribution in [-0.4, -0.2) is 25.0 Å². The zero-order valence-corrected chi connectivity index (χ0v) is 11.9. The molecule has 4 rings (SSSR count). The maximum absolute atomic E-state index is 12.7. The van der Waals surface area contributed by atoms with Gasteiger partial charge in [-0.15, -0.1) is 0 Å². The van der Waals surface area contributed by atoms with Gasteiger partial charge in [0.25, 0.3) is 0 Å². The van der Waals surface area contributed by atoms with Crippen LogP contribution in [0.4, 0.5) is 18.9 Å². The van der Waals surface area contributed by atoms with Crippen molar-refractivity contribution >= 4 is 11.9 Å². The van der Waals surface area contributed by atoms with Gasteiger partial charge in [-0.05, 0) is 37.1 Å². The molecule has 1 aromatic carbocycles. The minimum atomic E-state index is -4.29. The van der Waals surface area contributed by atoms with Gasteiger partial charge in [-0.25, -0.2) is 0 Å². The topological polar surface area (TPSA) is 27.6 Å². The Balaban J connectivity index is 1.67. The van der Waals surface area contributed by atoms with Crippen LogP contribution in [0.25, 0.3) is 0 Å². The lowest BCUT2D eigenvalue weighted by atomic mass is 9.98. The lowest BCUT2D eigenvalue weighted by Crippen LogP contribution is -2.43. The monoisotopic (exact) mass is 307 g/mol. The van der Waals surface area contributed by atoms with Crippen LogP contribution in [0.2, 0.25) is 0 Å². The van der Waals surface area contributed by atoms with Crippen molar-refractivity contribution in [2.75, 3.05) is 11.6 Å². The van der Waals surface area contributed by atoms with E-state index in [9.17, 15) is 13.2 Å². The molecule has 1 fully saturated rings. The van der Waals surface area contributed by atoms with Crippen molar-refractivity contribution in [2.24, 2.45) is 4.99 Å². The summed E-state index contributed by atoms with van der Waals surface area (Å²) in [6.45, 7) is 0.476. The Morgan fingerprint density at radius 2 is 1.91 bits per heavy atom. The minimum absolute atomic E-state index is 0.342. The lowest BCUT2D eigenvalue weighted by Gasteiger charge is -2.36. The third-order valence-electron chi connectivity index (χ3n) is 4.67. The van der Waals surface area contributed by atoms with Gasteiger partial charge in [0.2, 0.25) is 0 Å². The summed E-state index contributed by atoms with van der Waals surface area (Å²) in [4.78, 5) is 6.43. The van der Waals surface area contributed by atoms with E-state index in [0.29, 0.717) is 18.8 Å². The number of fused-ring (bicyclic) bond motifs is 3. The number of rotatable bonds is 1. The van der Waals surface area contributed by atoms with Gasteiger partial charge >= 0.3 is 6.18 Å². The van der Waals surface area contributed by atoms with E-state index in [1.807, 2.05) is 11.1 Å². The predicted molar refractivity (Wildman–Crippen MR) is 78.9 cm³/mol. The number of benzene rings is 1. The molecule has 3 nitrogen and oxygen atoms in total. The van der Waals surface area contributed by atoms with E-state index in [1.54, 1.807) is 0 Å². The molecule has 0 aromatic heterocycles. The number of anilines is 1. The van der Waals surface area contributed by atoms with Gasteiger partial charge in [-0.3, -0.25) is 4.99 Å². The Morgan fingerprint density at radius 1 is 1.14 bits per heavy atom. The Bertz CT molecular complexity index is 646. The van der Waals surface area contributed by atoms with Crippen molar-refractivity contribution in [1.29, 1.82) is 0 Å². The average molecular weight is 307 g/mol. The second-order valence-corrected chi connectivity index (χ2v) is 6.03. The Kier molecular flexibility index (Phi) is 3.04. The first-order valence-corrected chi connectivity index (χ1v) is 7.46. The molecule has 3 aliphatic heterocycles. The molecular formula is C16H16F3N3. The molecule has 22 heavy (non-hydrogen) atoms. The smallest absolute Gasteiger partial charge is 0.325 e. The van der Waals surface area contributed by atoms with Crippen LogP contribution in [0.1, 0.15) is 24.8 Å². The van der Waals surface area contributed by atoms with Gasteiger partial charge in [-0.2, -0.15) is 13.2 Å². The standard InChI is InChI=1S/C16H16F3N3/c17-16(18,19)10-1-4-12(5-2-10)22-9-20-8-13-14-6-3-11(21-14)7-15(13)22/h1-2,4-5,8,11,14,21H,3,6-7,9H2. The van der Waals surface area contributed by atoms with E-state index in [2.05, 4.69) is 10.3 Å². The summed E-state index contributed by atoms with van der Waals surface area (Å²) < 4.78 is 38.1. The van der Waals surface area contributed by atoms with Crippen molar-refractivity contribution in [3.05, 3.63) is 41.1 Å². The molecule has 6 heteroatoms. The van der Waals surface area contributed by atoms with Crippen LogP contribution >= 0.6 is 0 Å². The Hall–Kier alpha value is -1.82. The molecule has 2 unspecified atom stereocenters. The summed E-state index contributed by atoms with van der Waals surface area (Å²) >= 11 is 0. The van der Waals surface area contributed by atoms with Crippen molar-refractivity contribution in [2.45, 2.75) is 37.5 Å². The van der Waals surface area contributed by atoms with Crippen molar-refractivity contribution in [3.8, 4) is 0 Å². The fourth-order valence-corrected chi connectivity index (χ4v) is 3.58. The lowest BCUT2D eigenvalue weighted by molar-refractivity contribution is -0.137. The molecule has 1 N–H and O–H groups in total. The molecule has 0 radical (unpaired) electrons. The maximum atomic E-state index is 12.7. The zero-order valence-electron chi connectivity index (χ0n) is 11.9. The van der Waals surface area contributed by atoms with Gasteiger partial charge < -0.3 is 10.2 Å². The highest BCUT2D eigenvalue weighted by molar-refractivity contribution is 5.85. The average Bonchev–Trinajstić information content (AvgIpc) is 2.89.